The Morgan fingerprint density at radius 3 is 2.81 bits per heavy atom. The Morgan fingerprint density at radius 2 is 2.10 bits per heavy atom. The number of halogens is 2. The van der Waals surface area contributed by atoms with E-state index < -0.39 is 0 Å². The van der Waals surface area contributed by atoms with Crippen molar-refractivity contribution in [2.24, 2.45) is 0 Å². The summed E-state index contributed by atoms with van der Waals surface area (Å²) in [7, 11) is 0. The fraction of sp³-hybridized carbons (Fsp3) is 0.312. The summed E-state index contributed by atoms with van der Waals surface area (Å²) in [5, 5.41) is 3.33. The van der Waals surface area contributed by atoms with Crippen LogP contribution in [0.5, 0.6) is 11.6 Å². The van der Waals surface area contributed by atoms with Gasteiger partial charge in [0.2, 0.25) is 5.88 Å². The van der Waals surface area contributed by atoms with Crippen LogP contribution in [-0.2, 0) is 6.54 Å². The van der Waals surface area contributed by atoms with E-state index in [0.29, 0.717) is 24.2 Å². The maximum atomic E-state index is 13.3. The summed E-state index contributed by atoms with van der Waals surface area (Å²) in [6, 6.07) is 6.78. The lowest BCUT2D eigenvalue weighted by Crippen LogP contribution is -2.22. The molecule has 0 spiro atoms. The van der Waals surface area contributed by atoms with Gasteiger partial charge in [-0.1, -0.05) is 19.9 Å². The van der Waals surface area contributed by atoms with Gasteiger partial charge in [-0.3, -0.25) is 0 Å². The summed E-state index contributed by atoms with van der Waals surface area (Å²) >= 11 is 3.41. The number of hydrogen-bond acceptors (Lipinski definition) is 3. The lowest BCUT2D eigenvalue weighted by Gasteiger charge is -2.14. The molecule has 2 aromatic rings. The van der Waals surface area contributed by atoms with E-state index in [0.717, 1.165) is 15.6 Å². The summed E-state index contributed by atoms with van der Waals surface area (Å²) in [6.07, 6.45) is 1.67. The molecule has 0 saturated carbocycles. The first kappa shape index (κ1) is 15.9. The van der Waals surface area contributed by atoms with E-state index in [9.17, 15) is 4.39 Å². The van der Waals surface area contributed by atoms with Crippen molar-refractivity contribution >= 4 is 15.9 Å². The van der Waals surface area contributed by atoms with Crippen LogP contribution in [0, 0.1) is 12.7 Å². The normalized spacial score (nSPS) is 11.0. The summed E-state index contributed by atoms with van der Waals surface area (Å²) in [4.78, 5) is 4.29. The monoisotopic (exact) mass is 352 g/mol. The van der Waals surface area contributed by atoms with E-state index in [1.54, 1.807) is 12.3 Å². The smallest absolute Gasteiger partial charge is 0.223 e. The van der Waals surface area contributed by atoms with Gasteiger partial charge in [-0.2, -0.15) is 0 Å². The Hall–Kier alpha value is -1.46. The quantitative estimate of drug-likeness (QED) is 0.854. The van der Waals surface area contributed by atoms with Gasteiger partial charge in [0.05, 0.1) is 0 Å². The van der Waals surface area contributed by atoms with Crippen LogP contribution in [0.2, 0.25) is 0 Å². The molecule has 5 heteroatoms. The number of benzene rings is 1. The van der Waals surface area contributed by atoms with Crippen LogP contribution >= 0.6 is 15.9 Å². The molecule has 0 fully saturated rings. The first-order chi connectivity index (χ1) is 9.95. The lowest BCUT2D eigenvalue weighted by molar-refractivity contribution is 0.443. The highest BCUT2D eigenvalue weighted by Crippen LogP contribution is 2.28. The molecular weight excluding hydrogens is 335 g/mol. The van der Waals surface area contributed by atoms with Gasteiger partial charge in [0, 0.05) is 34.9 Å². The van der Waals surface area contributed by atoms with E-state index in [2.05, 4.69) is 40.1 Å². The molecule has 3 nitrogen and oxygen atoms in total. The Kier molecular flexibility index (Phi) is 5.31. The Morgan fingerprint density at radius 1 is 1.33 bits per heavy atom. The molecule has 112 valence electrons. The van der Waals surface area contributed by atoms with Crippen molar-refractivity contribution in [2.45, 2.75) is 33.4 Å². The van der Waals surface area contributed by atoms with E-state index >= 15 is 0 Å². The summed E-state index contributed by atoms with van der Waals surface area (Å²) < 4.78 is 20.0. The summed E-state index contributed by atoms with van der Waals surface area (Å²) in [5.41, 5.74) is 1.78. The first-order valence-corrected chi connectivity index (χ1v) is 7.57. The molecule has 0 bridgehead atoms. The molecule has 21 heavy (non-hydrogen) atoms. The third-order valence-corrected chi connectivity index (χ3v) is 3.38. The van der Waals surface area contributed by atoms with E-state index in [-0.39, 0.29) is 5.82 Å². The molecular formula is C16H18BrFN2O. The largest absolute Gasteiger partial charge is 0.438 e. The first-order valence-electron chi connectivity index (χ1n) is 6.77. The van der Waals surface area contributed by atoms with Crippen LogP contribution in [0.1, 0.15) is 25.0 Å². The van der Waals surface area contributed by atoms with Crippen LogP contribution in [0.15, 0.2) is 34.9 Å². The van der Waals surface area contributed by atoms with Gasteiger partial charge in [0.15, 0.2) is 0 Å². The molecule has 1 aromatic carbocycles. The van der Waals surface area contributed by atoms with Crippen molar-refractivity contribution in [3.63, 3.8) is 0 Å². The predicted octanol–water partition coefficient (Wildman–Crippen LogP) is 4.58. The molecule has 0 aliphatic heterocycles. The molecule has 0 aliphatic carbocycles. The van der Waals surface area contributed by atoms with Gasteiger partial charge in [0.1, 0.15) is 11.6 Å². The highest BCUT2D eigenvalue weighted by molar-refractivity contribution is 9.10. The zero-order chi connectivity index (χ0) is 15.4. The lowest BCUT2D eigenvalue weighted by atomic mass is 10.2. The molecule has 0 aliphatic rings. The van der Waals surface area contributed by atoms with Gasteiger partial charge < -0.3 is 10.1 Å². The highest BCUT2D eigenvalue weighted by atomic mass is 79.9. The van der Waals surface area contributed by atoms with Crippen LogP contribution in [0.3, 0.4) is 0 Å². The van der Waals surface area contributed by atoms with Gasteiger partial charge >= 0.3 is 0 Å². The maximum absolute atomic E-state index is 13.3. The molecule has 0 unspecified atom stereocenters. The van der Waals surface area contributed by atoms with Crippen molar-refractivity contribution in [1.29, 1.82) is 0 Å². The number of aromatic nitrogens is 1. The van der Waals surface area contributed by atoms with Crippen LogP contribution in [0.25, 0.3) is 0 Å². The maximum Gasteiger partial charge on any atom is 0.223 e. The van der Waals surface area contributed by atoms with E-state index in [1.165, 1.54) is 12.1 Å². The standard InChI is InChI=1S/C16H18BrFN2O/c1-10(2)19-8-12-6-13(17)9-20-16(12)21-15-7-14(18)5-4-11(15)3/h4-7,9-10,19H,8H2,1-3H3. The minimum absolute atomic E-state index is 0.324. The van der Waals surface area contributed by atoms with Gasteiger partial charge in [-0.25, -0.2) is 9.37 Å². The molecule has 2 rings (SSSR count). The van der Waals surface area contributed by atoms with Crippen molar-refractivity contribution in [2.75, 3.05) is 0 Å². The zero-order valence-corrected chi connectivity index (χ0v) is 13.9. The zero-order valence-electron chi connectivity index (χ0n) is 12.3. The van der Waals surface area contributed by atoms with Crippen LogP contribution < -0.4 is 10.1 Å². The molecule has 0 radical (unpaired) electrons. The minimum Gasteiger partial charge on any atom is -0.438 e. The van der Waals surface area contributed by atoms with E-state index in [1.807, 2.05) is 13.0 Å². The summed E-state index contributed by atoms with van der Waals surface area (Å²) in [5.74, 6) is 0.644. The molecule has 0 saturated heterocycles. The van der Waals surface area contributed by atoms with Crippen LogP contribution in [0.4, 0.5) is 4.39 Å². The second-order valence-corrected chi connectivity index (χ2v) is 6.08. The van der Waals surface area contributed by atoms with Gasteiger partial charge in [-0.05, 0) is 40.5 Å². The van der Waals surface area contributed by atoms with Crippen molar-refractivity contribution in [1.82, 2.24) is 10.3 Å². The second-order valence-electron chi connectivity index (χ2n) is 5.17. The Bertz CT molecular complexity index is 632. The third-order valence-electron chi connectivity index (χ3n) is 2.95. The Balaban J connectivity index is 2.28. The molecule has 0 atom stereocenters. The number of hydrogen-bond donors (Lipinski definition) is 1. The van der Waals surface area contributed by atoms with Crippen molar-refractivity contribution < 1.29 is 9.13 Å². The topological polar surface area (TPSA) is 34.1 Å². The average Bonchev–Trinajstić information content (AvgIpc) is 2.43. The molecule has 1 N–H and O–H groups in total. The average molecular weight is 353 g/mol. The number of aryl methyl sites for hydroxylation is 1. The summed E-state index contributed by atoms with van der Waals surface area (Å²) in [6.45, 7) is 6.65. The van der Waals surface area contributed by atoms with Gasteiger partial charge in [0.25, 0.3) is 0 Å². The molecule has 0 amide bonds. The third kappa shape index (κ3) is 4.51. The fourth-order valence-electron chi connectivity index (χ4n) is 1.79. The number of rotatable bonds is 5. The van der Waals surface area contributed by atoms with E-state index in [4.69, 9.17) is 4.74 Å². The fourth-order valence-corrected chi connectivity index (χ4v) is 2.17. The van der Waals surface area contributed by atoms with Gasteiger partial charge in [-0.15, -0.1) is 0 Å². The number of pyridine rings is 1. The SMILES string of the molecule is Cc1ccc(F)cc1Oc1ncc(Br)cc1CNC(C)C. The molecule has 1 heterocycles. The Labute approximate surface area is 132 Å². The highest BCUT2D eigenvalue weighted by Gasteiger charge is 2.10. The number of nitrogens with one attached hydrogen (secondary N) is 1. The molecule has 1 aromatic heterocycles. The number of ether oxygens (including phenoxy) is 1. The van der Waals surface area contributed by atoms with Crippen LogP contribution in [-0.4, -0.2) is 11.0 Å². The van der Waals surface area contributed by atoms with Crippen molar-refractivity contribution in [3.05, 3.63) is 51.9 Å². The minimum atomic E-state index is -0.324. The number of nitrogens with zero attached hydrogens (tertiary/aromatic N) is 1. The predicted molar refractivity (Wildman–Crippen MR) is 85.1 cm³/mol. The van der Waals surface area contributed by atoms with Crippen molar-refractivity contribution in [3.8, 4) is 11.6 Å². The second kappa shape index (κ2) is 7.00.